The smallest absolute Gasteiger partial charge is 0.258 e. The molecule has 0 aromatic carbocycles. The topological polar surface area (TPSA) is 60.9 Å². The zero-order chi connectivity index (χ0) is 8.59. The van der Waals surface area contributed by atoms with E-state index in [1.165, 1.54) is 7.05 Å². The van der Waals surface area contributed by atoms with E-state index in [0.717, 1.165) is 0 Å². The maximum Gasteiger partial charge on any atom is 0.258 e. The molecule has 0 radical (unpaired) electrons. The lowest BCUT2D eigenvalue weighted by molar-refractivity contribution is 0.0992. The molecule has 0 aliphatic carbocycles. The number of carbonyl (C=O) groups excluding carboxylic acids is 1. The van der Waals surface area contributed by atoms with Crippen molar-refractivity contribution < 1.29 is 13.6 Å². The molecule has 1 aromatic rings. The Morgan fingerprint density at radius 3 is 2.36 bits per heavy atom. The molecule has 1 aromatic heterocycles. The van der Waals surface area contributed by atoms with Gasteiger partial charge in [-0.1, -0.05) is 0 Å². The number of carbonyl (C=O) groups is 1. The fourth-order valence-corrected chi connectivity index (χ4v) is 0.676. The largest absolute Gasteiger partial charge is 0.365 e. The van der Waals surface area contributed by atoms with Crippen LogP contribution in [0.25, 0.3) is 0 Å². The zero-order valence-electron chi connectivity index (χ0n) is 5.64. The monoisotopic (exact) mass is 161 g/mol. The van der Waals surface area contributed by atoms with Gasteiger partial charge in [-0.3, -0.25) is 4.79 Å². The lowest BCUT2D eigenvalue weighted by atomic mass is 10.3. The zero-order valence-corrected chi connectivity index (χ0v) is 5.64. The van der Waals surface area contributed by atoms with Gasteiger partial charge in [0.25, 0.3) is 5.91 Å². The maximum absolute atomic E-state index is 12.6. The van der Waals surface area contributed by atoms with E-state index in [1.807, 2.05) is 0 Å². The SMILES string of the molecule is Cn1nc(F)c(C(N)=O)c1F. The van der Waals surface area contributed by atoms with Gasteiger partial charge >= 0.3 is 0 Å². The van der Waals surface area contributed by atoms with Crippen LogP contribution >= 0.6 is 0 Å². The van der Waals surface area contributed by atoms with Crippen molar-refractivity contribution in [3.8, 4) is 0 Å². The minimum atomic E-state index is -1.18. The van der Waals surface area contributed by atoms with E-state index in [-0.39, 0.29) is 0 Å². The fourth-order valence-electron chi connectivity index (χ4n) is 0.676. The van der Waals surface area contributed by atoms with Crippen molar-refractivity contribution in [1.29, 1.82) is 0 Å². The van der Waals surface area contributed by atoms with Crippen LogP contribution < -0.4 is 5.73 Å². The minimum Gasteiger partial charge on any atom is -0.365 e. The predicted molar refractivity (Wildman–Crippen MR) is 31.6 cm³/mol. The molecule has 1 rings (SSSR count). The number of aryl methyl sites for hydroxylation is 1. The number of nitrogens with two attached hydrogens (primary N) is 1. The van der Waals surface area contributed by atoms with Gasteiger partial charge < -0.3 is 5.73 Å². The standard InChI is InChI=1S/C5H5F2N3O/c1-10-4(7)2(5(8)11)3(6)9-10/h1H3,(H2,8,11). The summed E-state index contributed by atoms with van der Waals surface area (Å²) in [7, 11) is 1.17. The van der Waals surface area contributed by atoms with Crippen molar-refractivity contribution in [3.63, 3.8) is 0 Å². The Kier molecular flexibility index (Phi) is 1.60. The second-order valence-corrected chi connectivity index (χ2v) is 1.94. The Labute approximate surface area is 60.6 Å². The molecule has 0 aliphatic heterocycles. The number of primary amides is 1. The van der Waals surface area contributed by atoms with E-state index < -0.39 is 23.4 Å². The first kappa shape index (κ1) is 7.64. The molecule has 60 valence electrons. The molecular formula is C5H5F2N3O. The van der Waals surface area contributed by atoms with E-state index in [1.54, 1.807) is 0 Å². The molecule has 6 heteroatoms. The number of hydrogen-bond donors (Lipinski definition) is 1. The molecule has 11 heavy (non-hydrogen) atoms. The van der Waals surface area contributed by atoms with Gasteiger partial charge in [0, 0.05) is 7.05 Å². The predicted octanol–water partition coefficient (Wildman–Crippen LogP) is -0.203. The highest BCUT2D eigenvalue weighted by atomic mass is 19.1. The summed E-state index contributed by atoms with van der Waals surface area (Å²) in [6, 6.07) is 0. The van der Waals surface area contributed by atoms with Crippen LogP contribution in [0.5, 0.6) is 0 Å². The number of aromatic nitrogens is 2. The second-order valence-electron chi connectivity index (χ2n) is 1.94. The summed E-state index contributed by atoms with van der Waals surface area (Å²) in [5.41, 5.74) is 3.86. The number of hydrogen-bond acceptors (Lipinski definition) is 2. The Morgan fingerprint density at radius 2 is 2.18 bits per heavy atom. The van der Waals surface area contributed by atoms with Crippen molar-refractivity contribution in [2.75, 3.05) is 0 Å². The minimum absolute atomic E-state index is 0.607. The van der Waals surface area contributed by atoms with Crippen LogP contribution in [0.15, 0.2) is 0 Å². The Morgan fingerprint density at radius 1 is 1.64 bits per heavy atom. The first-order valence-corrected chi connectivity index (χ1v) is 2.72. The lowest BCUT2D eigenvalue weighted by Gasteiger charge is -1.88. The molecule has 0 aliphatic rings. The lowest BCUT2D eigenvalue weighted by Crippen LogP contribution is -2.14. The number of nitrogens with zero attached hydrogens (tertiary/aromatic N) is 2. The molecule has 4 nitrogen and oxygen atoms in total. The number of amides is 1. The summed E-state index contributed by atoms with van der Waals surface area (Å²) < 4.78 is 25.7. The third kappa shape index (κ3) is 1.06. The van der Waals surface area contributed by atoms with Gasteiger partial charge in [0.1, 0.15) is 0 Å². The van der Waals surface area contributed by atoms with Crippen LogP contribution in [0.1, 0.15) is 10.4 Å². The summed E-state index contributed by atoms with van der Waals surface area (Å²) >= 11 is 0. The van der Waals surface area contributed by atoms with Crippen LogP contribution in [-0.4, -0.2) is 15.7 Å². The van der Waals surface area contributed by atoms with Crippen molar-refractivity contribution >= 4 is 5.91 Å². The number of rotatable bonds is 1. The van der Waals surface area contributed by atoms with Crippen molar-refractivity contribution in [2.24, 2.45) is 12.8 Å². The molecular weight excluding hydrogens is 156 g/mol. The Balaban J connectivity index is 3.34. The molecule has 0 atom stereocenters. The first-order chi connectivity index (χ1) is 5.04. The molecule has 0 saturated carbocycles. The molecule has 0 spiro atoms. The second kappa shape index (κ2) is 2.30. The van der Waals surface area contributed by atoms with E-state index in [0.29, 0.717) is 4.68 Å². The van der Waals surface area contributed by atoms with Crippen molar-refractivity contribution in [1.82, 2.24) is 9.78 Å². The van der Waals surface area contributed by atoms with Gasteiger partial charge in [-0.25, -0.2) is 4.68 Å². The molecule has 0 unspecified atom stereocenters. The number of halogens is 2. The van der Waals surface area contributed by atoms with Crippen LogP contribution in [0, 0.1) is 11.9 Å². The highest BCUT2D eigenvalue weighted by Gasteiger charge is 2.20. The average molecular weight is 161 g/mol. The quantitative estimate of drug-likeness (QED) is 0.619. The molecule has 1 heterocycles. The average Bonchev–Trinajstić information content (AvgIpc) is 2.07. The summed E-state index contributed by atoms with van der Waals surface area (Å²) in [4.78, 5) is 10.3. The molecule has 1 amide bonds. The highest BCUT2D eigenvalue weighted by Crippen LogP contribution is 2.08. The first-order valence-electron chi connectivity index (χ1n) is 2.72. The molecule has 0 saturated heterocycles. The Hall–Kier alpha value is -1.46. The molecule has 2 N–H and O–H groups in total. The van der Waals surface area contributed by atoms with Gasteiger partial charge in [-0.15, -0.1) is 5.10 Å². The molecule has 0 bridgehead atoms. The summed E-state index contributed by atoms with van der Waals surface area (Å²) in [6.07, 6.45) is 0. The summed E-state index contributed by atoms with van der Waals surface area (Å²) in [6.45, 7) is 0. The van der Waals surface area contributed by atoms with E-state index in [9.17, 15) is 13.6 Å². The van der Waals surface area contributed by atoms with Crippen LogP contribution in [0.3, 0.4) is 0 Å². The summed E-state index contributed by atoms with van der Waals surface area (Å²) in [5.74, 6) is -3.40. The van der Waals surface area contributed by atoms with Crippen LogP contribution in [0.4, 0.5) is 8.78 Å². The van der Waals surface area contributed by atoms with Crippen LogP contribution in [-0.2, 0) is 7.05 Å². The maximum atomic E-state index is 12.6. The fraction of sp³-hybridized carbons (Fsp3) is 0.200. The van der Waals surface area contributed by atoms with Gasteiger partial charge in [0.2, 0.25) is 11.9 Å². The highest BCUT2D eigenvalue weighted by molar-refractivity contribution is 5.92. The third-order valence-electron chi connectivity index (χ3n) is 1.18. The van der Waals surface area contributed by atoms with Crippen molar-refractivity contribution in [3.05, 3.63) is 17.5 Å². The van der Waals surface area contributed by atoms with Crippen molar-refractivity contribution in [2.45, 2.75) is 0 Å². The van der Waals surface area contributed by atoms with E-state index in [4.69, 9.17) is 0 Å². The van der Waals surface area contributed by atoms with Gasteiger partial charge in [-0.2, -0.15) is 8.78 Å². The van der Waals surface area contributed by atoms with Gasteiger partial charge in [-0.05, 0) is 0 Å². The van der Waals surface area contributed by atoms with E-state index >= 15 is 0 Å². The molecule has 0 fully saturated rings. The summed E-state index contributed by atoms with van der Waals surface area (Å²) in [5, 5.41) is 3.01. The van der Waals surface area contributed by atoms with E-state index in [2.05, 4.69) is 10.8 Å². The Bertz CT molecular complexity index is 307. The van der Waals surface area contributed by atoms with Gasteiger partial charge in [0.05, 0.1) is 0 Å². The van der Waals surface area contributed by atoms with Gasteiger partial charge in [0.15, 0.2) is 5.56 Å². The third-order valence-corrected chi connectivity index (χ3v) is 1.18. The van der Waals surface area contributed by atoms with Crippen LogP contribution in [0.2, 0.25) is 0 Å². The normalized spacial score (nSPS) is 10.1.